The summed E-state index contributed by atoms with van der Waals surface area (Å²) < 4.78 is 13.1. The number of benzene rings is 3. The van der Waals surface area contributed by atoms with Crippen LogP contribution in [0, 0.1) is 0 Å². The largest absolute Gasteiger partial charge is 0.486 e. The van der Waals surface area contributed by atoms with Crippen LogP contribution in [0.1, 0.15) is 16.7 Å². The zero-order valence-corrected chi connectivity index (χ0v) is 18.2. The van der Waals surface area contributed by atoms with E-state index >= 15 is 0 Å². The molecule has 1 amide bonds. The molecule has 6 nitrogen and oxygen atoms in total. The van der Waals surface area contributed by atoms with Crippen LogP contribution in [0.5, 0.6) is 11.5 Å². The fourth-order valence-electron chi connectivity index (χ4n) is 3.97. The van der Waals surface area contributed by atoms with Gasteiger partial charge in [0, 0.05) is 18.9 Å². The van der Waals surface area contributed by atoms with Crippen LogP contribution < -0.4 is 14.8 Å². The van der Waals surface area contributed by atoms with Crippen molar-refractivity contribution in [3.63, 3.8) is 0 Å². The first-order chi connectivity index (χ1) is 16.2. The fourth-order valence-corrected chi connectivity index (χ4v) is 3.97. The van der Waals surface area contributed by atoms with E-state index in [9.17, 15) is 4.79 Å². The van der Waals surface area contributed by atoms with Crippen molar-refractivity contribution >= 4 is 5.91 Å². The molecule has 0 saturated heterocycles. The molecule has 0 fully saturated rings. The second-order valence-corrected chi connectivity index (χ2v) is 7.99. The third-order valence-electron chi connectivity index (χ3n) is 5.63. The average Bonchev–Trinajstić information content (AvgIpc) is 3.36. The van der Waals surface area contributed by atoms with Crippen molar-refractivity contribution in [3.05, 3.63) is 102 Å². The molecule has 1 aromatic heterocycles. The number of ether oxygens (including phenoxy) is 2. The maximum Gasteiger partial charge on any atom is 0.224 e. The molecule has 0 saturated carbocycles. The van der Waals surface area contributed by atoms with Crippen LogP contribution in [0.3, 0.4) is 0 Å². The lowest BCUT2D eigenvalue weighted by molar-refractivity contribution is -0.120. The van der Waals surface area contributed by atoms with Gasteiger partial charge in [0.1, 0.15) is 13.2 Å². The summed E-state index contributed by atoms with van der Waals surface area (Å²) in [5.41, 5.74) is 5.40. The summed E-state index contributed by atoms with van der Waals surface area (Å²) in [7, 11) is 0. The molecule has 6 heteroatoms. The fraction of sp³-hybridized carbons (Fsp3) is 0.185. The Hall–Kier alpha value is -4.06. The van der Waals surface area contributed by atoms with E-state index in [0.717, 1.165) is 34.5 Å². The predicted octanol–water partition coefficient (Wildman–Crippen LogP) is 4.23. The third kappa shape index (κ3) is 5.06. The summed E-state index contributed by atoms with van der Waals surface area (Å²) in [5.74, 6) is 1.40. The Bertz CT molecular complexity index is 1230. The van der Waals surface area contributed by atoms with E-state index < -0.39 is 0 Å². The summed E-state index contributed by atoms with van der Waals surface area (Å²) in [4.78, 5) is 12.6. The molecule has 33 heavy (non-hydrogen) atoms. The lowest BCUT2D eigenvalue weighted by Crippen LogP contribution is -2.25. The Balaban J connectivity index is 1.23. The van der Waals surface area contributed by atoms with Crippen LogP contribution in [0.25, 0.3) is 11.1 Å². The van der Waals surface area contributed by atoms with Crippen LogP contribution in [-0.4, -0.2) is 28.9 Å². The van der Waals surface area contributed by atoms with Crippen LogP contribution in [0.15, 0.2) is 85.2 Å². The van der Waals surface area contributed by atoms with Crippen LogP contribution >= 0.6 is 0 Å². The Morgan fingerprint density at radius 1 is 0.909 bits per heavy atom. The van der Waals surface area contributed by atoms with Gasteiger partial charge in [-0.3, -0.25) is 9.48 Å². The van der Waals surface area contributed by atoms with Crippen molar-refractivity contribution in [2.24, 2.45) is 0 Å². The van der Waals surface area contributed by atoms with Crippen molar-refractivity contribution in [1.82, 2.24) is 15.1 Å². The molecule has 0 spiro atoms. The molecule has 0 atom stereocenters. The van der Waals surface area contributed by atoms with Gasteiger partial charge in [-0.25, -0.2) is 0 Å². The highest BCUT2D eigenvalue weighted by Gasteiger charge is 2.13. The molecule has 5 rings (SSSR count). The predicted molar refractivity (Wildman–Crippen MR) is 126 cm³/mol. The van der Waals surface area contributed by atoms with Gasteiger partial charge in [-0.2, -0.15) is 5.10 Å². The van der Waals surface area contributed by atoms with Gasteiger partial charge in [-0.05, 0) is 46.0 Å². The number of carbonyl (C=O) groups excluding carboxylic acids is 1. The first kappa shape index (κ1) is 20.8. The molecule has 0 bridgehead atoms. The van der Waals surface area contributed by atoms with E-state index in [0.29, 0.717) is 31.9 Å². The zero-order chi connectivity index (χ0) is 22.5. The Labute approximate surface area is 192 Å². The molecule has 0 radical (unpaired) electrons. The van der Waals surface area contributed by atoms with Gasteiger partial charge in [0.05, 0.1) is 13.0 Å². The summed E-state index contributed by atoms with van der Waals surface area (Å²) >= 11 is 0. The number of rotatable bonds is 7. The molecule has 166 valence electrons. The second kappa shape index (κ2) is 9.61. The van der Waals surface area contributed by atoms with E-state index in [-0.39, 0.29) is 5.91 Å². The Morgan fingerprint density at radius 3 is 2.52 bits per heavy atom. The van der Waals surface area contributed by atoms with Crippen LogP contribution in [0.4, 0.5) is 0 Å². The highest BCUT2D eigenvalue weighted by molar-refractivity contribution is 5.79. The van der Waals surface area contributed by atoms with Crippen LogP contribution in [-0.2, 0) is 24.3 Å². The summed E-state index contributed by atoms with van der Waals surface area (Å²) in [6, 6.07) is 24.2. The maximum absolute atomic E-state index is 12.6. The van der Waals surface area contributed by atoms with Crippen LogP contribution in [0.2, 0.25) is 0 Å². The average molecular weight is 440 g/mol. The maximum atomic E-state index is 12.6. The minimum Gasteiger partial charge on any atom is -0.486 e. The standard InChI is InChI=1S/C27H25N3O3/c31-27(17-21-8-11-25-26(16-21)33-15-14-32-25)28-18-23-4-1-2-5-24(23)22-9-6-20(7-10-22)19-30-13-3-12-29-30/h1-13,16H,14-15,17-19H2,(H,28,31). The molecule has 3 aromatic carbocycles. The number of amides is 1. The van der Waals surface area contributed by atoms with E-state index in [2.05, 4.69) is 46.8 Å². The number of carbonyl (C=O) groups is 1. The number of nitrogens with zero attached hydrogens (tertiary/aromatic N) is 2. The van der Waals surface area contributed by atoms with Crippen molar-refractivity contribution in [3.8, 4) is 22.6 Å². The van der Waals surface area contributed by atoms with E-state index in [1.807, 2.05) is 47.3 Å². The number of hydrogen-bond donors (Lipinski definition) is 1. The minimum absolute atomic E-state index is 0.0314. The molecule has 1 aliphatic heterocycles. The molecule has 1 aliphatic rings. The van der Waals surface area contributed by atoms with Crippen molar-refractivity contribution in [2.75, 3.05) is 13.2 Å². The second-order valence-electron chi connectivity index (χ2n) is 7.99. The number of hydrogen-bond acceptors (Lipinski definition) is 4. The van der Waals surface area contributed by atoms with Crippen molar-refractivity contribution < 1.29 is 14.3 Å². The van der Waals surface area contributed by atoms with E-state index in [1.165, 1.54) is 5.56 Å². The molecule has 0 unspecified atom stereocenters. The Morgan fingerprint density at radius 2 is 1.70 bits per heavy atom. The normalized spacial score (nSPS) is 12.4. The molecule has 0 aliphatic carbocycles. The van der Waals surface area contributed by atoms with Gasteiger partial charge in [0.25, 0.3) is 0 Å². The number of aromatic nitrogens is 2. The summed E-state index contributed by atoms with van der Waals surface area (Å²) in [6.45, 7) is 2.29. The molecule has 4 aromatic rings. The Kier molecular flexibility index (Phi) is 6.06. The van der Waals surface area contributed by atoms with Gasteiger partial charge in [0.2, 0.25) is 5.91 Å². The molecule has 2 heterocycles. The molecule has 1 N–H and O–H groups in total. The van der Waals surface area contributed by atoms with Crippen molar-refractivity contribution in [1.29, 1.82) is 0 Å². The lowest BCUT2D eigenvalue weighted by atomic mass is 9.98. The monoisotopic (exact) mass is 439 g/mol. The summed E-state index contributed by atoms with van der Waals surface area (Å²) in [6.07, 6.45) is 4.03. The molecular weight excluding hydrogens is 414 g/mol. The van der Waals surface area contributed by atoms with E-state index in [4.69, 9.17) is 9.47 Å². The smallest absolute Gasteiger partial charge is 0.224 e. The van der Waals surface area contributed by atoms with E-state index in [1.54, 1.807) is 6.20 Å². The molecular formula is C27H25N3O3. The quantitative estimate of drug-likeness (QED) is 0.468. The highest BCUT2D eigenvalue weighted by atomic mass is 16.6. The van der Waals surface area contributed by atoms with Gasteiger partial charge >= 0.3 is 0 Å². The SMILES string of the molecule is O=C(Cc1ccc2c(c1)OCCO2)NCc1ccccc1-c1ccc(Cn2cccn2)cc1. The van der Waals surface area contributed by atoms with Gasteiger partial charge in [-0.1, -0.05) is 54.6 Å². The first-order valence-corrected chi connectivity index (χ1v) is 11.0. The lowest BCUT2D eigenvalue weighted by Gasteiger charge is -2.18. The van der Waals surface area contributed by atoms with Gasteiger partial charge in [-0.15, -0.1) is 0 Å². The third-order valence-corrected chi connectivity index (χ3v) is 5.63. The first-order valence-electron chi connectivity index (χ1n) is 11.0. The van der Waals surface area contributed by atoms with Gasteiger partial charge < -0.3 is 14.8 Å². The number of nitrogens with one attached hydrogen (secondary N) is 1. The minimum atomic E-state index is -0.0314. The van der Waals surface area contributed by atoms with Gasteiger partial charge in [0.15, 0.2) is 11.5 Å². The zero-order valence-electron chi connectivity index (χ0n) is 18.2. The topological polar surface area (TPSA) is 65.4 Å². The summed E-state index contributed by atoms with van der Waals surface area (Å²) in [5, 5.41) is 7.32. The van der Waals surface area contributed by atoms with Crippen molar-refractivity contribution in [2.45, 2.75) is 19.5 Å². The number of fused-ring (bicyclic) bond motifs is 1. The highest BCUT2D eigenvalue weighted by Crippen LogP contribution is 2.31.